The van der Waals surface area contributed by atoms with Crippen molar-refractivity contribution in [1.82, 2.24) is 5.32 Å². The van der Waals surface area contributed by atoms with Gasteiger partial charge < -0.3 is 15.2 Å². The van der Waals surface area contributed by atoms with E-state index in [1.54, 1.807) is 6.07 Å². The molecule has 0 aromatic heterocycles. The number of carbonyl (C=O) groups is 2. The summed E-state index contributed by atoms with van der Waals surface area (Å²) in [5, 5.41) is 12.2. The predicted molar refractivity (Wildman–Crippen MR) is 159 cm³/mol. The van der Waals surface area contributed by atoms with Crippen LogP contribution in [0.15, 0.2) is 42.5 Å². The summed E-state index contributed by atoms with van der Waals surface area (Å²) in [7, 11) is -3.37. The number of ether oxygens (including phenoxy) is 1. The molecule has 2 aromatic carbocycles. The number of nitrogens with one attached hydrogen (secondary N) is 1. The lowest BCUT2D eigenvalue weighted by Crippen LogP contribution is -2.42. The van der Waals surface area contributed by atoms with Crippen LogP contribution in [0.2, 0.25) is 0 Å². The zero-order valence-corrected chi connectivity index (χ0v) is 25.0. The van der Waals surface area contributed by atoms with Gasteiger partial charge in [0.1, 0.15) is 15.9 Å². The number of hydrogen-bond acceptors (Lipinski definition) is 5. The maximum atomic E-state index is 13.4. The first-order valence-electron chi connectivity index (χ1n) is 14.6. The zero-order chi connectivity index (χ0) is 29.1. The first kappa shape index (κ1) is 31.8. The standard InChI is InChI=1S/C32H45NO6S/c1-4-5-12-26(39-25-13-7-6-8-14-25)18-16-24-17-19-28(29(22-24)27-15-10-9-11-23(27)2)31(34)33-30(32(35)36)20-21-40(3,37)38/h9-11,15,17,19,22,25-26,30H,4-8,12-14,16,18,20-21H2,1-3H3,(H,33,34)(H,35,36)/t26?,30-/m0/s1. The van der Waals surface area contributed by atoms with Gasteiger partial charge >= 0.3 is 5.97 Å². The van der Waals surface area contributed by atoms with Gasteiger partial charge in [-0.05, 0) is 73.8 Å². The molecule has 2 aromatic rings. The number of carboxylic acid groups (broad SMARTS) is 1. The van der Waals surface area contributed by atoms with Gasteiger partial charge in [0.2, 0.25) is 0 Å². The Morgan fingerprint density at radius 1 is 1.02 bits per heavy atom. The van der Waals surface area contributed by atoms with Gasteiger partial charge in [-0.1, -0.05) is 75.4 Å². The summed E-state index contributed by atoms with van der Waals surface area (Å²) in [5.41, 5.74) is 4.10. The second kappa shape index (κ2) is 15.3. The quantitative estimate of drug-likeness (QED) is 0.267. The number of sulfone groups is 1. The van der Waals surface area contributed by atoms with Crippen molar-refractivity contribution >= 4 is 21.7 Å². The van der Waals surface area contributed by atoms with Crippen LogP contribution >= 0.6 is 0 Å². The van der Waals surface area contributed by atoms with E-state index in [1.165, 1.54) is 19.3 Å². The Morgan fingerprint density at radius 2 is 1.75 bits per heavy atom. The molecule has 0 saturated heterocycles. The van der Waals surface area contributed by atoms with E-state index in [2.05, 4.69) is 12.2 Å². The highest BCUT2D eigenvalue weighted by atomic mass is 32.2. The molecule has 1 amide bonds. The number of aliphatic carboxylic acids is 1. The van der Waals surface area contributed by atoms with E-state index in [1.807, 2.05) is 43.3 Å². The lowest BCUT2D eigenvalue weighted by atomic mass is 9.92. The maximum absolute atomic E-state index is 13.4. The second-order valence-corrected chi connectivity index (χ2v) is 13.4. The minimum absolute atomic E-state index is 0.197. The molecule has 1 unspecified atom stereocenters. The summed E-state index contributed by atoms with van der Waals surface area (Å²) in [6.45, 7) is 4.18. The molecule has 3 rings (SSSR count). The summed E-state index contributed by atoms with van der Waals surface area (Å²) >= 11 is 0. The molecule has 2 N–H and O–H groups in total. The van der Waals surface area contributed by atoms with Crippen LogP contribution in [0, 0.1) is 6.92 Å². The lowest BCUT2D eigenvalue weighted by Gasteiger charge is -2.28. The number of unbranched alkanes of at least 4 members (excludes halogenated alkanes) is 1. The zero-order valence-electron chi connectivity index (χ0n) is 24.2. The molecule has 0 spiro atoms. The van der Waals surface area contributed by atoms with Crippen molar-refractivity contribution < 1.29 is 27.9 Å². The minimum Gasteiger partial charge on any atom is -0.480 e. The number of carboxylic acids is 1. The Hall–Kier alpha value is -2.71. The number of benzene rings is 2. The van der Waals surface area contributed by atoms with Crippen LogP contribution in [0.4, 0.5) is 0 Å². The fourth-order valence-electron chi connectivity index (χ4n) is 5.38. The van der Waals surface area contributed by atoms with Crippen LogP contribution in [-0.2, 0) is 25.8 Å². The predicted octanol–water partition coefficient (Wildman–Crippen LogP) is 6.12. The normalized spacial score (nSPS) is 15.9. The summed E-state index contributed by atoms with van der Waals surface area (Å²) in [6.07, 6.45) is 12.5. The minimum atomic E-state index is -3.37. The van der Waals surface area contributed by atoms with Crippen molar-refractivity contribution in [3.05, 3.63) is 59.2 Å². The molecule has 1 aliphatic rings. The fraction of sp³-hybridized carbons (Fsp3) is 0.562. The molecule has 0 bridgehead atoms. The van der Waals surface area contributed by atoms with Crippen molar-refractivity contribution in [2.24, 2.45) is 0 Å². The molecule has 220 valence electrons. The van der Waals surface area contributed by atoms with Crippen molar-refractivity contribution in [3.8, 4) is 11.1 Å². The molecule has 2 atom stereocenters. The number of hydrogen-bond donors (Lipinski definition) is 2. The van der Waals surface area contributed by atoms with Crippen LogP contribution < -0.4 is 5.32 Å². The Morgan fingerprint density at radius 3 is 2.40 bits per heavy atom. The highest BCUT2D eigenvalue weighted by Gasteiger charge is 2.25. The number of aryl methyl sites for hydroxylation is 2. The smallest absolute Gasteiger partial charge is 0.326 e. The molecule has 0 heterocycles. The maximum Gasteiger partial charge on any atom is 0.326 e. The number of rotatable bonds is 15. The monoisotopic (exact) mass is 571 g/mol. The second-order valence-electron chi connectivity index (χ2n) is 11.2. The van der Waals surface area contributed by atoms with Crippen molar-refractivity contribution in [1.29, 1.82) is 0 Å². The first-order chi connectivity index (χ1) is 19.1. The summed E-state index contributed by atoms with van der Waals surface area (Å²) in [5.74, 6) is -2.12. The van der Waals surface area contributed by atoms with Gasteiger partial charge in [-0.25, -0.2) is 13.2 Å². The topological polar surface area (TPSA) is 110 Å². The first-order valence-corrected chi connectivity index (χ1v) is 16.7. The third-order valence-corrected chi connectivity index (χ3v) is 8.69. The third-order valence-electron chi connectivity index (χ3n) is 7.72. The lowest BCUT2D eigenvalue weighted by molar-refractivity contribution is -0.139. The molecule has 1 saturated carbocycles. The van der Waals surface area contributed by atoms with E-state index in [4.69, 9.17) is 4.74 Å². The average molecular weight is 572 g/mol. The summed E-state index contributed by atoms with van der Waals surface area (Å²) < 4.78 is 29.7. The Balaban J connectivity index is 1.83. The van der Waals surface area contributed by atoms with Gasteiger partial charge in [0, 0.05) is 11.8 Å². The van der Waals surface area contributed by atoms with Crippen LogP contribution in [0.1, 0.15) is 92.6 Å². The molecule has 7 nitrogen and oxygen atoms in total. The van der Waals surface area contributed by atoms with Crippen LogP contribution in [0.25, 0.3) is 11.1 Å². The molecule has 1 fully saturated rings. The van der Waals surface area contributed by atoms with E-state index in [9.17, 15) is 23.1 Å². The summed E-state index contributed by atoms with van der Waals surface area (Å²) in [4.78, 5) is 25.2. The Labute approximate surface area is 239 Å². The van der Waals surface area contributed by atoms with Crippen LogP contribution in [0.5, 0.6) is 0 Å². The van der Waals surface area contributed by atoms with Crippen molar-refractivity contribution in [2.75, 3.05) is 12.0 Å². The SMILES string of the molecule is CCCCC(CCc1ccc(C(=O)N[C@@H](CCS(C)(=O)=O)C(=O)O)c(-c2ccccc2C)c1)OC1CCCCC1. The van der Waals surface area contributed by atoms with E-state index in [-0.39, 0.29) is 18.3 Å². The summed E-state index contributed by atoms with van der Waals surface area (Å²) in [6, 6.07) is 12.2. The third kappa shape index (κ3) is 10.0. The Kier molecular flexibility index (Phi) is 12.2. The van der Waals surface area contributed by atoms with Crippen molar-refractivity contribution in [3.63, 3.8) is 0 Å². The highest BCUT2D eigenvalue weighted by molar-refractivity contribution is 7.90. The number of amides is 1. The van der Waals surface area contributed by atoms with Crippen molar-refractivity contribution in [2.45, 2.75) is 103 Å². The van der Waals surface area contributed by atoms with E-state index in [0.29, 0.717) is 11.7 Å². The molecule has 0 aliphatic heterocycles. The molecular weight excluding hydrogens is 526 g/mol. The van der Waals surface area contributed by atoms with E-state index in [0.717, 1.165) is 73.5 Å². The largest absolute Gasteiger partial charge is 0.480 e. The molecule has 40 heavy (non-hydrogen) atoms. The van der Waals surface area contributed by atoms with Gasteiger partial charge in [-0.2, -0.15) is 0 Å². The van der Waals surface area contributed by atoms with Gasteiger partial charge in [0.15, 0.2) is 0 Å². The van der Waals surface area contributed by atoms with Gasteiger partial charge in [-0.3, -0.25) is 4.79 Å². The van der Waals surface area contributed by atoms with E-state index >= 15 is 0 Å². The van der Waals surface area contributed by atoms with Gasteiger partial charge in [0.05, 0.1) is 18.0 Å². The fourth-order valence-corrected chi connectivity index (χ4v) is 6.05. The molecule has 1 aliphatic carbocycles. The van der Waals surface area contributed by atoms with Gasteiger partial charge in [-0.15, -0.1) is 0 Å². The average Bonchev–Trinajstić information content (AvgIpc) is 2.92. The molecule has 0 radical (unpaired) electrons. The van der Waals surface area contributed by atoms with Crippen LogP contribution in [-0.4, -0.2) is 55.7 Å². The highest BCUT2D eigenvalue weighted by Crippen LogP contribution is 2.30. The van der Waals surface area contributed by atoms with E-state index < -0.39 is 27.8 Å². The molecular formula is C32H45NO6S. The molecule has 8 heteroatoms. The van der Waals surface area contributed by atoms with Gasteiger partial charge in [0.25, 0.3) is 5.91 Å². The number of carbonyl (C=O) groups excluding carboxylic acids is 1. The van der Waals surface area contributed by atoms with Crippen LogP contribution in [0.3, 0.4) is 0 Å². The Bertz CT molecular complexity index is 1240.